The highest BCUT2D eigenvalue weighted by atomic mass is 16.3. The van der Waals surface area contributed by atoms with E-state index in [2.05, 4.69) is 60.7 Å². The van der Waals surface area contributed by atoms with E-state index < -0.39 is 0 Å². The third-order valence-electron chi connectivity index (χ3n) is 4.37. The van der Waals surface area contributed by atoms with Crippen molar-refractivity contribution in [2.24, 2.45) is 0 Å². The molecular weight excluding hydrogens is 268 g/mol. The zero-order valence-electron chi connectivity index (χ0n) is 11.9. The zero-order valence-corrected chi connectivity index (χ0v) is 11.9. The van der Waals surface area contributed by atoms with Gasteiger partial charge in [-0.3, -0.25) is 0 Å². The van der Waals surface area contributed by atoms with E-state index in [1.807, 2.05) is 18.2 Å². The molecule has 0 aliphatic heterocycles. The summed E-state index contributed by atoms with van der Waals surface area (Å²) in [5.74, 6) is 0. The maximum atomic E-state index is 6.07. The van der Waals surface area contributed by atoms with Crippen LogP contribution in [0, 0.1) is 0 Å². The number of benzene rings is 4. The lowest BCUT2D eigenvalue weighted by atomic mass is 9.99. The summed E-state index contributed by atoms with van der Waals surface area (Å²) in [6.45, 7) is 0. The molecule has 0 aliphatic carbocycles. The van der Waals surface area contributed by atoms with Gasteiger partial charge in [0.25, 0.3) is 0 Å². The van der Waals surface area contributed by atoms with Crippen LogP contribution in [0.25, 0.3) is 43.5 Å². The fourth-order valence-corrected chi connectivity index (χ4v) is 3.30. The minimum Gasteiger partial charge on any atom is -0.207 e. The minimum absolute atomic E-state index is 0.926. The largest absolute Gasteiger partial charge is 0.361 e. The van der Waals surface area contributed by atoms with Gasteiger partial charge >= 0.3 is 11.2 Å². The highest BCUT2D eigenvalue weighted by molar-refractivity contribution is 6.17. The Kier molecular flexibility index (Phi) is 2.28. The van der Waals surface area contributed by atoms with Crippen molar-refractivity contribution >= 4 is 43.5 Å². The predicted molar refractivity (Wildman–Crippen MR) is 93.1 cm³/mol. The zero-order chi connectivity index (χ0) is 14.5. The molecule has 0 unspecified atom stereocenters. The fourth-order valence-electron chi connectivity index (χ4n) is 3.30. The van der Waals surface area contributed by atoms with Crippen molar-refractivity contribution in [3.05, 3.63) is 78.9 Å². The summed E-state index contributed by atoms with van der Waals surface area (Å²) in [5.41, 5.74) is 1.86. The standard InChI is InChI=1S/C21H13O/c1-3-7-16-14(5-1)9-10-18-17(16)11-12-21-19(18)13-15-6-2-4-8-20(15)22-21/h1-13H/q+1. The van der Waals surface area contributed by atoms with Gasteiger partial charge in [0.15, 0.2) is 0 Å². The summed E-state index contributed by atoms with van der Waals surface area (Å²) in [6.07, 6.45) is 0. The van der Waals surface area contributed by atoms with Crippen LogP contribution < -0.4 is 0 Å². The lowest BCUT2D eigenvalue weighted by molar-refractivity contribution is 0.661. The van der Waals surface area contributed by atoms with E-state index in [1.165, 1.54) is 26.9 Å². The molecule has 1 heterocycles. The number of hydrogen-bond donors (Lipinski definition) is 0. The number of rotatable bonds is 0. The van der Waals surface area contributed by atoms with Crippen LogP contribution in [0.1, 0.15) is 0 Å². The number of fused-ring (bicyclic) bond motifs is 6. The van der Waals surface area contributed by atoms with Crippen LogP contribution >= 0.6 is 0 Å². The molecule has 0 saturated heterocycles. The molecule has 0 bridgehead atoms. The minimum atomic E-state index is 0.926. The molecule has 0 radical (unpaired) electrons. The summed E-state index contributed by atoms with van der Waals surface area (Å²) in [6, 6.07) is 27.5. The lowest BCUT2D eigenvalue weighted by Crippen LogP contribution is -1.81. The average Bonchev–Trinajstić information content (AvgIpc) is 2.59. The molecule has 0 spiro atoms. The van der Waals surface area contributed by atoms with E-state index in [4.69, 9.17) is 4.42 Å². The van der Waals surface area contributed by atoms with Crippen molar-refractivity contribution in [1.29, 1.82) is 0 Å². The summed E-state index contributed by atoms with van der Waals surface area (Å²) < 4.78 is 6.07. The van der Waals surface area contributed by atoms with Crippen molar-refractivity contribution in [1.82, 2.24) is 0 Å². The monoisotopic (exact) mass is 281 g/mol. The Labute approximate surface area is 127 Å². The molecule has 0 amide bonds. The van der Waals surface area contributed by atoms with Gasteiger partial charge in [-0.15, -0.1) is 0 Å². The van der Waals surface area contributed by atoms with Gasteiger partial charge in [-0.25, -0.2) is 4.42 Å². The van der Waals surface area contributed by atoms with Crippen LogP contribution in [0.4, 0.5) is 0 Å². The van der Waals surface area contributed by atoms with E-state index in [0.29, 0.717) is 0 Å². The summed E-state index contributed by atoms with van der Waals surface area (Å²) in [7, 11) is 0. The van der Waals surface area contributed by atoms with E-state index in [-0.39, 0.29) is 0 Å². The fraction of sp³-hybridized carbons (Fsp3) is 0. The third-order valence-corrected chi connectivity index (χ3v) is 4.37. The van der Waals surface area contributed by atoms with Gasteiger partial charge in [0.2, 0.25) is 0 Å². The quantitative estimate of drug-likeness (QED) is 0.187. The van der Waals surface area contributed by atoms with E-state index in [1.54, 1.807) is 0 Å². The summed E-state index contributed by atoms with van der Waals surface area (Å²) in [5, 5.41) is 7.38. The first kappa shape index (κ1) is 11.7. The first-order valence-corrected chi connectivity index (χ1v) is 7.46. The SMILES string of the molecule is c1ccc2[o+]c3ccc4c5ccccc5ccc4c3cc2c1. The normalized spacial score (nSPS) is 11.6. The molecule has 0 N–H and O–H groups in total. The van der Waals surface area contributed by atoms with Crippen molar-refractivity contribution in [3.63, 3.8) is 0 Å². The molecule has 5 rings (SSSR count). The lowest BCUT2D eigenvalue weighted by Gasteiger charge is -2.04. The van der Waals surface area contributed by atoms with Gasteiger partial charge in [-0.05, 0) is 39.7 Å². The van der Waals surface area contributed by atoms with Gasteiger partial charge in [-0.2, -0.15) is 0 Å². The Hall–Kier alpha value is -2.93. The molecule has 4 aromatic carbocycles. The Balaban J connectivity index is 2.02. The van der Waals surface area contributed by atoms with Crippen molar-refractivity contribution in [3.8, 4) is 0 Å². The first-order chi connectivity index (χ1) is 10.9. The molecule has 1 aromatic heterocycles. The van der Waals surface area contributed by atoms with Crippen molar-refractivity contribution in [2.45, 2.75) is 0 Å². The van der Waals surface area contributed by atoms with Gasteiger partial charge in [-0.1, -0.05) is 48.5 Å². The van der Waals surface area contributed by atoms with Gasteiger partial charge in [0.05, 0.1) is 10.8 Å². The maximum absolute atomic E-state index is 6.07. The van der Waals surface area contributed by atoms with Crippen LogP contribution in [0.2, 0.25) is 0 Å². The highest BCUT2D eigenvalue weighted by Crippen LogP contribution is 2.33. The van der Waals surface area contributed by atoms with Crippen LogP contribution in [0.5, 0.6) is 0 Å². The molecule has 102 valence electrons. The second-order valence-corrected chi connectivity index (χ2v) is 5.64. The molecule has 0 fully saturated rings. The molecule has 0 aliphatic rings. The van der Waals surface area contributed by atoms with Gasteiger partial charge < -0.3 is 0 Å². The summed E-state index contributed by atoms with van der Waals surface area (Å²) in [4.78, 5) is 0. The second-order valence-electron chi connectivity index (χ2n) is 5.64. The van der Waals surface area contributed by atoms with Gasteiger partial charge in [0.1, 0.15) is 0 Å². The molecule has 1 nitrogen and oxygen atoms in total. The smallest absolute Gasteiger partial charge is 0.207 e. The molecule has 5 aromatic rings. The topological polar surface area (TPSA) is 11.3 Å². The first-order valence-electron chi connectivity index (χ1n) is 7.46. The van der Waals surface area contributed by atoms with Crippen LogP contribution in [0.15, 0.2) is 83.3 Å². The third kappa shape index (κ3) is 1.57. The van der Waals surface area contributed by atoms with Crippen LogP contribution in [0.3, 0.4) is 0 Å². The molecule has 0 saturated carbocycles. The Morgan fingerprint density at radius 2 is 1.18 bits per heavy atom. The van der Waals surface area contributed by atoms with E-state index in [9.17, 15) is 0 Å². The molecule has 0 atom stereocenters. The molecule has 22 heavy (non-hydrogen) atoms. The van der Waals surface area contributed by atoms with Crippen LogP contribution in [-0.4, -0.2) is 0 Å². The van der Waals surface area contributed by atoms with Crippen molar-refractivity contribution < 1.29 is 4.42 Å². The number of hydrogen-bond acceptors (Lipinski definition) is 0. The maximum Gasteiger partial charge on any atom is 0.361 e. The molecular formula is C21H13O+. The number of para-hydroxylation sites is 1. The predicted octanol–water partition coefficient (Wildman–Crippen LogP) is 6.17. The average molecular weight is 281 g/mol. The Morgan fingerprint density at radius 1 is 0.455 bits per heavy atom. The van der Waals surface area contributed by atoms with Gasteiger partial charge in [0, 0.05) is 12.1 Å². The highest BCUT2D eigenvalue weighted by Gasteiger charge is 2.14. The Bertz CT molecular complexity index is 1170. The second kappa shape index (κ2) is 4.28. The van der Waals surface area contributed by atoms with Crippen molar-refractivity contribution in [2.75, 3.05) is 0 Å². The van der Waals surface area contributed by atoms with E-state index in [0.717, 1.165) is 16.6 Å². The molecule has 1 heteroatoms. The van der Waals surface area contributed by atoms with E-state index >= 15 is 0 Å². The van der Waals surface area contributed by atoms with Crippen LogP contribution in [-0.2, 0) is 0 Å². The Morgan fingerprint density at radius 3 is 2.14 bits per heavy atom. The summed E-state index contributed by atoms with van der Waals surface area (Å²) >= 11 is 0.